The zero-order valence-corrected chi connectivity index (χ0v) is 16.7. The number of thiocarbonyl (C=S) groups is 1. The highest BCUT2D eigenvalue weighted by Crippen LogP contribution is 2.25. The topological polar surface area (TPSA) is 37.7 Å². The van der Waals surface area contributed by atoms with E-state index in [0.717, 1.165) is 17.0 Å². The van der Waals surface area contributed by atoms with Gasteiger partial charge in [0.2, 0.25) is 0 Å². The van der Waals surface area contributed by atoms with Crippen LogP contribution in [0.5, 0.6) is 5.75 Å². The summed E-state index contributed by atoms with van der Waals surface area (Å²) in [5, 5.41) is 7.91. The maximum absolute atomic E-state index is 6.03. The van der Waals surface area contributed by atoms with Gasteiger partial charge in [0.15, 0.2) is 5.11 Å². The normalized spacial score (nSPS) is 11.9. The summed E-state index contributed by atoms with van der Waals surface area (Å²) in [4.78, 5) is 1.27. The highest BCUT2D eigenvalue weighted by Gasteiger charge is 2.21. The quantitative estimate of drug-likeness (QED) is 0.653. The lowest BCUT2D eigenvalue weighted by Crippen LogP contribution is -3.07. The minimum absolute atomic E-state index is 0.185. The van der Waals surface area contributed by atoms with E-state index in [1.807, 2.05) is 24.3 Å². The Hall–Kier alpha value is -1.53. The zero-order valence-electron chi connectivity index (χ0n) is 14.4. The van der Waals surface area contributed by atoms with Crippen LogP contribution in [0.1, 0.15) is 11.6 Å². The second-order valence-corrected chi connectivity index (χ2v) is 7.06. The molecule has 0 saturated heterocycles. The molecule has 4 nitrogen and oxygen atoms in total. The van der Waals surface area contributed by atoms with Crippen molar-refractivity contribution in [1.29, 1.82) is 0 Å². The molecule has 0 aliphatic heterocycles. The van der Waals surface area contributed by atoms with Crippen LogP contribution in [0.3, 0.4) is 0 Å². The molecule has 2 aromatic rings. The van der Waals surface area contributed by atoms with Gasteiger partial charge in [0.1, 0.15) is 11.8 Å². The number of hydrogen-bond donors (Lipinski definition) is 3. The Morgan fingerprint density at radius 2 is 1.88 bits per heavy atom. The molecule has 2 aromatic carbocycles. The summed E-state index contributed by atoms with van der Waals surface area (Å²) >= 11 is 17.3. The zero-order chi connectivity index (χ0) is 18.4. The van der Waals surface area contributed by atoms with E-state index in [1.54, 1.807) is 19.2 Å². The Bertz CT molecular complexity index is 740. The average Bonchev–Trinajstić information content (AvgIpc) is 2.58. The number of nitrogens with one attached hydrogen (secondary N) is 3. The fourth-order valence-electron chi connectivity index (χ4n) is 2.52. The Morgan fingerprint density at radius 3 is 2.52 bits per heavy atom. The Labute approximate surface area is 164 Å². The number of para-hydroxylation sites is 1. The molecule has 0 radical (unpaired) electrons. The third-order valence-electron chi connectivity index (χ3n) is 3.86. The van der Waals surface area contributed by atoms with E-state index in [1.165, 1.54) is 4.90 Å². The van der Waals surface area contributed by atoms with E-state index >= 15 is 0 Å². The third-order valence-corrected chi connectivity index (χ3v) is 4.84. The van der Waals surface area contributed by atoms with E-state index < -0.39 is 0 Å². The van der Waals surface area contributed by atoms with E-state index in [4.69, 9.17) is 40.2 Å². The number of benzene rings is 2. The summed E-state index contributed by atoms with van der Waals surface area (Å²) in [5.74, 6) is 0.874. The van der Waals surface area contributed by atoms with Crippen LogP contribution < -0.4 is 20.3 Å². The van der Waals surface area contributed by atoms with E-state index in [0.29, 0.717) is 21.7 Å². The second-order valence-electron chi connectivity index (χ2n) is 5.84. The van der Waals surface area contributed by atoms with Gasteiger partial charge in [-0.1, -0.05) is 35.3 Å². The van der Waals surface area contributed by atoms with Gasteiger partial charge in [0.05, 0.1) is 43.4 Å². The number of hydrogen-bond acceptors (Lipinski definition) is 2. The van der Waals surface area contributed by atoms with Crippen LogP contribution in [0.15, 0.2) is 42.5 Å². The molecule has 0 spiro atoms. The van der Waals surface area contributed by atoms with Crippen molar-refractivity contribution in [1.82, 2.24) is 5.32 Å². The molecular weight excluding hydrogens is 377 g/mol. The molecule has 0 aromatic heterocycles. The molecule has 0 heterocycles. The van der Waals surface area contributed by atoms with Crippen molar-refractivity contribution in [2.24, 2.45) is 0 Å². The maximum atomic E-state index is 6.03. The molecule has 0 aliphatic carbocycles. The smallest absolute Gasteiger partial charge is 0.171 e. The summed E-state index contributed by atoms with van der Waals surface area (Å²) < 4.78 is 5.49. The lowest BCUT2D eigenvalue weighted by molar-refractivity contribution is -0.890. The van der Waals surface area contributed by atoms with Gasteiger partial charge in [-0.3, -0.25) is 0 Å². The molecular formula is C18H22Cl2N3OS+. The van der Waals surface area contributed by atoms with Gasteiger partial charge in [-0.25, -0.2) is 0 Å². The van der Waals surface area contributed by atoms with Crippen LogP contribution in [0.4, 0.5) is 5.69 Å². The monoisotopic (exact) mass is 398 g/mol. The van der Waals surface area contributed by atoms with Gasteiger partial charge in [-0.2, -0.15) is 0 Å². The van der Waals surface area contributed by atoms with Crippen molar-refractivity contribution in [3.05, 3.63) is 58.1 Å². The van der Waals surface area contributed by atoms with Crippen molar-refractivity contribution in [2.45, 2.75) is 6.04 Å². The molecule has 25 heavy (non-hydrogen) atoms. The van der Waals surface area contributed by atoms with Gasteiger partial charge in [-0.05, 0) is 42.5 Å². The summed E-state index contributed by atoms with van der Waals surface area (Å²) in [6.07, 6.45) is 0. The molecule has 0 aliphatic rings. The Kier molecular flexibility index (Phi) is 7.32. The van der Waals surface area contributed by atoms with Crippen molar-refractivity contribution in [2.75, 3.05) is 33.1 Å². The fraction of sp³-hybridized carbons (Fsp3) is 0.278. The molecule has 7 heteroatoms. The van der Waals surface area contributed by atoms with Crippen LogP contribution in [0.2, 0.25) is 10.0 Å². The number of rotatable bonds is 6. The third kappa shape index (κ3) is 5.47. The predicted octanol–water partition coefficient (Wildman–Crippen LogP) is 3.17. The minimum Gasteiger partial charge on any atom is -0.496 e. The van der Waals surface area contributed by atoms with Gasteiger partial charge in [0.25, 0.3) is 0 Å². The first kappa shape index (κ1) is 19.8. The molecule has 0 bridgehead atoms. The highest BCUT2D eigenvalue weighted by atomic mass is 35.5. The van der Waals surface area contributed by atoms with Gasteiger partial charge in [0, 0.05) is 5.69 Å². The molecule has 134 valence electrons. The standard InChI is InChI=1S/C18H21Cl2N3OS/c1-23(2)16(13-6-4-5-7-17(13)24-3)11-21-18(25)22-12-8-9-14(19)15(20)10-12/h4-10,16H,11H2,1-3H3,(H2,21,22,25)/p+1/t16-/m1/s1. The first-order chi connectivity index (χ1) is 11.9. The predicted molar refractivity (Wildman–Crippen MR) is 109 cm³/mol. The molecule has 2 rings (SSSR count). The van der Waals surface area contributed by atoms with Crippen LogP contribution >= 0.6 is 35.4 Å². The number of halogens is 2. The maximum Gasteiger partial charge on any atom is 0.171 e. The van der Waals surface area contributed by atoms with Crippen LogP contribution in [-0.2, 0) is 0 Å². The van der Waals surface area contributed by atoms with Crippen LogP contribution in [0.25, 0.3) is 0 Å². The summed E-state index contributed by atoms with van der Waals surface area (Å²) in [7, 11) is 5.90. The first-order valence-electron chi connectivity index (χ1n) is 7.85. The first-order valence-corrected chi connectivity index (χ1v) is 9.01. The van der Waals surface area contributed by atoms with Crippen molar-refractivity contribution >= 4 is 46.2 Å². The van der Waals surface area contributed by atoms with Crippen LogP contribution in [-0.4, -0.2) is 32.9 Å². The molecule has 0 fully saturated rings. The summed E-state index contributed by atoms with van der Waals surface area (Å²) in [6, 6.07) is 13.5. The summed E-state index contributed by atoms with van der Waals surface area (Å²) in [6.45, 7) is 0.663. The van der Waals surface area contributed by atoms with E-state index in [9.17, 15) is 0 Å². The number of likely N-dealkylation sites (N-methyl/N-ethyl adjacent to an activating group) is 1. The average molecular weight is 399 g/mol. The van der Waals surface area contributed by atoms with Crippen molar-refractivity contribution in [3.8, 4) is 5.75 Å². The minimum atomic E-state index is 0.185. The SMILES string of the molecule is COc1ccccc1[C@@H](CNC(=S)Nc1ccc(Cl)c(Cl)c1)[NH+](C)C. The second kappa shape index (κ2) is 9.25. The van der Waals surface area contributed by atoms with Gasteiger partial charge < -0.3 is 20.3 Å². The van der Waals surface area contributed by atoms with Crippen LogP contribution in [0, 0.1) is 0 Å². The van der Waals surface area contributed by atoms with Crippen molar-refractivity contribution in [3.63, 3.8) is 0 Å². The lowest BCUT2D eigenvalue weighted by atomic mass is 10.0. The molecule has 0 amide bonds. The Morgan fingerprint density at radius 1 is 1.16 bits per heavy atom. The molecule has 1 atom stereocenters. The number of quaternary nitrogens is 1. The molecule has 0 unspecified atom stereocenters. The van der Waals surface area contributed by atoms with Gasteiger partial charge in [-0.15, -0.1) is 0 Å². The van der Waals surface area contributed by atoms with Crippen molar-refractivity contribution < 1.29 is 9.64 Å². The summed E-state index contributed by atoms with van der Waals surface area (Å²) in [5.41, 5.74) is 1.92. The number of methoxy groups -OCH3 is 1. The lowest BCUT2D eigenvalue weighted by Gasteiger charge is -2.24. The van der Waals surface area contributed by atoms with Gasteiger partial charge >= 0.3 is 0 Å². The molecule has 3 N–H and O–H groups in total. The van der Waals surface area contributed by atoms with E-state index in [-0.39, 0.29) is 6.04 Å². The number of ether oxygens (including phenoxy) is 1. The highest BCUT2D eigenvalue weighted by molar-refractivity contribution is 7.80. The largest absolute Gasteiger partial charge is 0.496 e. The van der Waals surface area contributed by atoms with E-state index in [2.05, 4.69) is 30.8 Å². The Balaban J connectivity index is 2.03. The number of anilines is 1. The molecule has 0 saturated carbocycles. The fourth-order valence-corrected chi connectivity index (χ4v) is 3.02.